The van der Waals surface area contributed by atoms with E-state index in [1.54, 1.807) is 6.07 Å². The Morgan fingerprint density at radius 1 is 1.33 bits per heavy atom. The van der Waals surface area contributed by atoms with Crippen LogP contribution < -0.4 is 5.14 Å². The predicted molar refractivity (Wildman–Crippen MR) is 88.5 cm³/mol. The molecule has 0 aliphatic heterocycles. The molecule has 2 rings (SSSR count). The Morgan fingerprint density at radius 3 is 2.67 bits per heavy atom. The average Bonchev–Trinajstić information content (AvgIpc) is 2.79. The van der Waals surface area contributed by atoms with E-state index in [-0.39, 0.29) is 4.21 Å². The van der Waals surface area contributed by atoms with E-state index in [0.717, 1.165) is 33.5 Å². The molecule has 1 heterocycles. The van der Waals surface area contributed by atoms with Crippen molar-refractivity contribution in [2.45, 2.75) is 9.96 Å². The lowest BCUT2D eigenvalue weighted by atomic mass is 10.2. The number of nitrogens with two attached hydrogens (primary N) is 1. The third-order valence-corrected chi connectivity index (χ3v) is 6.76. The molecule has 0 bridgehead atoms. The molecule has 0 saturated carbocycles. The Kier molecular flexibility index (Phi) is 5.29. The largest absolute Gasteiger partial charge is 0.616 e. The van der Waals surface area contributed by atoms with Gasteiger partial charge in [0.15, 0.2) is 0 Å². The van der Waals surface area contributed by atoms with Crippen molar-refractivity contribution >= 4 is 42.6 Å². The van der Waals surface area contributed by atoms with Gasteiger partial charge in [-0.25, -0.2) is 13.6 Å². The molecule has 1 aromatic carbocycles. The minimum Gasteiger partial charge on any atom is -0.616 e. The van der Waals surface area contributed by atoms with Crippen LogP contribution >= 0.6 is 11.3 Å². The van der Waals surface area contributed by atoms with E-state index < -0.39 is 21.2 Å². The van der Waals surface area contributed by atoms with Crippen LogP contribution in [0.4, 0.5) is 0 Å². The van der Waals surface area contributed by atoms with E-state index in [1.165, 1.54) is 0 Å². The smallest absolute Gasteiger partial charge is 0.247 e. The molecule has 0 aliphatic rings. The molecule has 8 heteroatoms. The van der Waals surface area contributed by atoms with Crippen LogP contribution in [0.15, 0.2) is 28.5 Å². The van der Waals surface area contributed by atoms with Crippen molar-refractivity contribution in [3.05, 3.63) is 29.8 Å². The highest BCUT2D eigenvalue weighted by Gasteiger charge is 2.14. The predicted octanol–water partition coefficient (Wildman–Crippen LogP) is 1.36. The second-order valence-electron chi connectivity index (χ2n) is 5.07. The SMILES string of the molecule is CN(C)CC[S+]([O-])Cc1ccc2sc(S(N)(=O)=O)cc2c1. The van der Waals surface area contributed by atoms with Gasteiger partial charge in [0.25, 0.3) is 0 Å². The lowest BCUT2D eigenvalue weighted by Crippen LogP contribution is -2.22. The lowest BCUT2D eigenvalue weighted by Gasteiger charge is -2.14. The monoisotopic (exact) mass is 346 g/mol. The van der Waals surface area contributed by atoms with Crippen LogP contribution in [0.5, 0.6) is 0 Å². The van der Waals surface area contributed by atoms with Crippen LogP contribution in [0.3, 0.4) is 0 Å². The van der Waals surface area contributed by atoms with Gasteiger partial charge < -0.3 is 9.45 Å². The van der Waals surface area contributed by atoms with Crippen molar-refractivity contribution in [1.82, 2.24) is 4.90 Å². The van der Waals surface area contributed by atoms with E-state index in [2.05, 4.69) is 0 Å². The minimum atomic E-state index is -3.67. The number of hydrogen-bond donors (Lipinski definition) is 1. The second-order valence-corrected chi connectivity index (χ2v) is 9.52. The molecule has 21 heavy (non-hydrogen) atoms. The highest BCUT2D eigenvalue weighted by molar-refractivity contribution is 7.91. The van der Waals surface area contributed by atoms with Crippen molar-refractivity contribution in [2.24, 2.45) is 5.14 Å². The number of rotatable bonds is 6. The van der Waals surface area contributed by atoms with Gasteiger partial charge in [-0.3, -0.25) is 0 Å². The lowest BCUT2D eigenvalue weighted by molar-refractivity contribution is 0.432. The van der Waals surface area contributed by atoms with Crippen molar-refractivity contribution in [3.8, 4) is 0 Å². The van der Waals surface area contributed by atoms with Gasteiger partial charge in [-0.1, -0.05) is 6.07 Å². The van der Waals surface area contributed by atoms with Crippen LogP contribution in [-0.4, -0.2) is 44.3 Å². The summed E-state index contributed by atoms with van der Waals surface area (Å²) in [4.78, 5) is 2.00. The second kappa shape index (κ2) is 6.64. The summed E-state index contributed by atoms with van der Waals surface area (Å²) in [5.41, 5.74) is 0.943. The van der Waals surface area contributed by atoms with Crippen molar-refractivity contribution in [2.75, 3.05) is 26.4 Å². The van der Waals surface area contributed by atoms with Gasteiger partial charge in [0.2, 0.25) is 10.0 Å². The maximum atomic E-state index is 12.0. The van der Waals surface area contributed by atoms with E-state index >= 15 is 0 Å². The number of fused-ring (bicyclic) bond motifs is 1. The maximum Gasteiger partial charge on any atom is 0.247 e. The van der Waals surface area contributed by atoms with Gasteiger partial charge in [0.1, 0.15) is 15.7 Å². The quantitative estimate of drug-likeness (QED) is 0.800. The Balaban J connectivity index is 2.15. The molecule has 0 radical (unpaired) electrons. The molecule has 0 saturated heterocycles. The van der Waals surface area contributed by atoms with Gasteiger partial charge in [0.05, 0.1) is 0 Å². The van der Waals surface area contributed by atoms with E-state index in [9.17, 15) is 13.0 Å². The third kappa shape index (κ3) is 4.67. The summed E-state index contributed by atoms with van der Waals surface area (Å²) in [7, 11) is 0.230. The zero-order valence-corrected chi connectivity index (χ0v) is 14.4. The van der Waals surface area contributed by atoms with Crippen LogP contribution in [0.1, 0.15) is 5.56 Å². The summed E-state index contributed by atoms with van der Waals surface area (Å²) in [5, 5.41) is 5.96. The molecule has 1 unspecified atom stereocenters. The third-order valence-electron chi connectivity index (χ3n) is 2.93. The highest BCUT2D eigenvalue weighted by atomic mass is 32.2. The first kappa shape index (κ1) is 16.7. The number of hydrogen-bond acceptors (Lipinski definition) is 5. The van der Waals surface area contributed by atoms with Gasteiger partial charge in [0, 0.05) is 16.8 Å². The molecule has 0 amide bonds. The average molecular weight is 346 g/mol. The molecular formula is C13H18N2O3S3. The first-order chi connectivity index (χ1) is 9.75. The molecule has 0 fully saturated rings. The van der Waals surface area contributed by atoms with Crippen LogP contribution in [0, 0.1) is 0 Å². The topological polar surface area (TPSA) is 86.5 Å². The Morgan fingerprint density at radius 2 is 2.05 bits per heavy atom. The van der Waals surface area contributed by atoms with E-state index in [4.69, 9.17) is 5.14 Å². The summed E-state index contributed by atoms with van der Waals surface area (Å²) >= 11 is 0.225. The maximum absolute atomic E-state index is 12.0. The van der Waals surface area contributed by atoms with E-state index in [0.29, 0.717) is 11.5 Å². The summed E-state index contributed by atoms with van der Waals surface area (Å²) in [6.07, 6.45) is 0. The minimum absolute atomic E-state index is 0.156. The molecular weight excluding hydrogens is 328 g/mol. The zero-order valence-electron chi connectivity index (χ0n) is 11.9. The van der Waals surface area contributed by atoms with Crippen molar-refractivity contribution < 1.29 is 13.0 Å². The van der Waals surface area contributed by atoms with Gasteiger partial charge in [-0.15, -0.1) is 11.3 Å². The van der Waals surface area contributed by atoms with Gasteiger partial charge >= 0.3 is 0 Å². The summed E-state index contributed by atoms with van der Waals surface area (Å²) < 4.78 is 35.7. The molecule has 116 valence electrons. The van der Waals surface area contributed by atoms with Gasteiger partial charge in [-0.05, 0) is 48.9 Å². The molecule has 2 aromatic rings. The van der Waals surface area contributed by atoms with Crippen LogP contribution in [-0.2, 0) is 27.0 Å². The molecule has 1 aromatic heterocycles. The van der Waals surface area contributed by atoms with Crippen molar-refractivity contribution in [3.63, 3.8) is 0 Å². The van der Waals surface area contributed by atoms with Crippen LogP contribution in [0.25, 0.3) is 10.1 Å². The normalized spacial score (nSPS) is 14.0. The first-order valence-electron chi connectivity index (χ1n) is 6.31. The van der Waals surface area contributed by atoms with Crippen LogP contribution in [0.2, 0.25) is 0 Å². The van der Waals surface area contributed by atoms with Crippen molar-refractivity contribution in [1.29, 1.82) is 0 Å². The summed E-state index contributed by atoms with van der Waals surface area (Å²) in [6.45, 7) is 0.781. The zero-order chi connectivity index (χ0) is 15.6. The Labute approximate surface area is 132 Å². The Bertz CT molecular complexity index is 725. The molecule has 2 N–H and O–H groups in total. The molecule has 0 aliphatic carbocycles. The fourth-order valence-electron chi connectivity index (χ4n) is 1.84. The number of nitrogens with zero attached hydrogens (tertiary/aromatic N) is 1. The van der Waals surface area contributed by atoms with Gasteiger partial charge in [-0.2, -0.15) is 0 Å². The van der Waals surface area contributed by atoms with E-state index in [1.807, 2.05) is 37.2 Å². The number of benzene rings is 1. The number of sulfonamides is 1. The fourth-order valence-corrected chi connectivity index (χ4v) is 4.90. The standard InChI is InChI=1S/C13H18N2O3S3/c1-15(2)5-6-20(16)9-10-3-4-12-11(7-10)8-13(19-12)21(14,17)18/h3-4,7-8H,5-6,9H2,1-2H3,(H2,14,17,18). The molecule has 0 spiro atoms. The number of primary sulfonamides is 1. The summed E-state index contributed by atoms with van der Waals surface area (Å²) in [6, 6.07) is 7.20. The Hall–Kier alpha value is -0.640. The fraction of sp³-hybridized carbons (Fsp3) is 0.385. The molecule has 1 atom stereocenters. The highest BCUT2D eigenvalue weighted by Crippen LogP contribution is 2.29. The summed E-state index contributed by atoms with van der Waals surface area (Å²) in [5.74, 6) is 1.10. The number of thiophene rings is 1. The first-order valence-corrected chi connectivity index (χ1v) is 10.2. The molecule has 5 nitrogen and oxygen atoms in total.